The van der Waals surface area contributed by atoms with Gasteiger partial charge >= 0.3 is 0 Å². The second-order valence-corrected chi connectivity index (χ2v) is 23.5. The SMILES string of the molecule is CC(=O)NC1C(O)[C@H](O)C(CO)O[C@H]1OC1C(O)[C@H](O)C(CO)O[C@@H]1OC1[C@H](O)C(CO[C@@H](O)C(C)(O[C@@H]2OC(CO)[C@@H](O)C(O)C2NC(C)=O)C(O)[C@H](O)CCO)C1(O)[C@@H](O)O[C@@H]1C(CO)O[C@@H](O[C@@H]2C(CO)O[C@@H](C)C(NC(C)=O)C2O)C(NC(C)=O)C1O. The van der Waals surface area contributed by atoms with Crippen LogP contribution < -0.4 is 21.3 Å². The molecule has 528 valence electrons. The van der Waals surface area contributed by atoms with Gasteiger partial charge in [0.1, 0.15) is 134 Å². The van der Waals surface area contributed by atoms with Crippen molar-refractivity contribution in [2.24, 2.45) is 5.92 Å². The summed E-state index contributed by atoms with van der Waals surface area (Å²) < 4.78 is 64.5. The second-order valence-electron chi connectivity index (χ2n) is 23.5. The molecular weight excluding hydrogens is 1240 g/mol. The topological polar surface area (TPSA) is 623 Å². The van der Waals surface area contributed by atoms with Gasteiger partial charge in [0.25, 0.3) is 0 Å². The van der Waals surface area contributed by atoms with E-state index in [1.54, 1.807) is 0 Å². The van der Waals surface area contributed by atoms with Gasteiger partial charge in [0.05, 0.1) is 64.0 Å². The van der Waals surface area contributed by atoms with Crippen molar-refractivity contribution in [2.75, 3.05) is 46.2 Å². The first-order valence-corrected chi connectivity index (χ1v) is 29.2. The van der Waals surface area contributed by atoms with Gasteiger partial charge in [0.15, 0.2) is 43.3 Å². The van der Waals surface area contributed by atoms with Crippen LogP contribution in [0.15, 0.2) is 0 Å². The van der Waals surface area contributed by atoms with Gasteiger partial charge in [-0.05, 0) is 20.3 Å². The first-order valence-electron chi connectivity index (χ1n) is 29.2. The van der Waals surface area contributed by atoms with Gasteiger partial charge in [-0.2, -0.15) is 0 Å². The number of aliphatic hydroxyl groups excluding tert-OH is 19. The summed E-state index contributed by atoms with van der Waals surface area (Å²) in [6.07, 6.45) is -55.5. The number of amides is 4. The number of hydrogen-bond acceptors (Lipinski definition) is 35. The molecule has 39 heteroatoms. The van der Waals surface area contributed by atoms with Gasteiger partial charge < -0.3 is 176 Å². The lowest BCUT2D eigenvalue weighted by Crippen LogP contribution is -2.79. The molecule has 39 nitrogen and oxygen atoms in total. The first-order chi connectivity index (χ1) is 42.7. The van der Waals surface area contributed by atoms with E-state index in [1.165, 1.54) is 6.92 Å². The highest BCUT2D eigenvalue weighted by Crippen LogP contribution is 2.48. The Morgan fingerprint density at radius 2 is 0.901 bits per heavy atom. The summed E-state index contributed by atoms with van der Waals surface area (Å²) in [7, 11) is 0. The molecule has 5 saturated heterocycles. The fraction of sp³-hybridized carbons (Fsp3) is 0.923. The molecule has 1 aliphatic carbocycles. The molecule has 0 radical (unpaired) electrons. The third-order valence-corrected chi connectivity index (χ3v) is 17.1. The van der Waals surface area contributed by atoms with E-state index in [-0.39, 0.29) is 0 Å². The van der Waals surface area contributed by atoms with E-state index in [9.17, 15) is 121 Å². The Balaban J connectivity index is 1.40. The summed E-state index contributed by atoms with van der Waals surface area (Å²) in [6, 6.07) is -6.59. The van der Waals surface area contributed by atoms with Crippen LogP contribution in [0, 0.1) is 5.92 Å². The fourth-order valence-corrected chi connectivity index (χ4v) is 12.0. The zero-order chi connectivity index (χ0) is 68.0. The smallest absolute Gasteiger partial charge is 0.217 e. The number of nitrogens with one attached hydrogen (secondary N) is 4. The second kappa shape index (κ2) is 32.6. The molecule has 5 aliphatic heterocycles. The minimum absolute atomic E-state index is 0.613. The lowest BCUT2D eigenvalue weighted by Gasteiger charge is -2.59. The van der Waals surface area contributed by atoms with Crippen molar-refractivity contribution in [3.8, 4) is 0 Å². The maximum absolute atomic E-state index is 13.0. The van der Waals surface area contributed by atoms with Crippen molar-refractivity contribution < 1.29 is 173 Å². The van der Waals surface area contributed by atoms with Crippen LogP contribution in [0.4, 0.5) is 0 Å². The minimum Gasteiger partial charge on any atom is -0.396 e. The van der Waals surface area contributed by atoms with Crippen LogP contribution in [0.5, 0.6) is 0 Å². The van der Waals surface area contributed by atoms with E-state index in [4.69, 9.17) is 52.1 Å². The number of aliphatic hydroxyl groups is 20. The quantitative estimate of drug-likeness (QED) is 0.0324. The van der Waals surface area contributed by atoms with Gasteiger partial charge in [0, 0.05) is 40.2 Å². The summed E-state index contributed by atoms with van der Waals surface area (Å²) in [5.74, 6) is -5.39. The summed E-state index contributed by atoms with van der Waals surface area (Å²) in [6.45, 7) is -0.811. The molecule has 4 amide bonds. The monoisotopic (exact) mass is 1330 g/mol. The lowest BCUT2D eigenvalue weighted by molar-refractivity contribution is -0.422. The molecule has 1 saturated carbocycles. The molecule has 0 spiro atoms. The number of hydrogen-bond donors (Lipinski definition) is 24. The number of carbonyl (C=O) groups is 4. The average molecular weight is 1330 g/mol. The maximum Gasteiger partial charge on any atom is 0.217 e. The molecule has 91 heavy (non-hydrogen) atoms. The van der Waals surface area contributed by atoms with Gasteiger partial charge in [-0.25, -0.2) is 0 Å². The zero-order valence-corrected chi connectivity index (χ0v) is 50.2. The molecule has 6 aliphatic rings. The Labute approximate surface area is 518 Å². The van der Waals surface area contributed by atoms with E-state index >= 15 is 0 Å². The molecular formula is C52H90N4O35. The lowest BCUT2D eigenvalue weighted by atomic mass is 9.63. The molecule has 34 atom stereocenters. The van der Waals surface area contributed by atoms with Crippen LogP contribution in [0.3, 0.4) is 0 Å². The maximum atomic E-state index is 13.0. The third-order valence-electron chi connectivity index (χ3n) is 17.1. The van der Waals surface area contributed by atoms with Crippen molar-refractivity contribution >= 4 is 23.6 Å². The highest BCUT2D eigenvalue weighted by molar-refractivity contribution is 5.74. The normalized spacial score (nSPS) is 44.0. The third kappa shape index (κ3) is 16.6. The molecule has 20 unspecified atom stereocenters. The Kier molecular flexibility index (Phi) is 27.5. The van der Waals surface area contributed by atoms with E-state index < -0.39 is 284 Å². The van der Waals surface area contributed by atoms with Crippen molar-refractivity contribution in [3.63, 3.8) is 0 Å². The van der Waals surface area contributed by atoms with Crippen molar-refractivity contribution in [3.05, 3.63) is 0 Å². The molecule has 0 bridgehead atoms. The van der Waals surface area contributed by atoms with Gasteiger partial charge in [-0.15, -0.1) is 0 Å². The Bertz CT molecular complexity index is 2350. The predicted octanol–water partition coefficient (Wildman–Crippen LogP) is -14.7. The van der Waals surface area contributed by atoms with E-state index in [1.807, 2.05) is 0 Å². The van der Waals surface area contributed by atoms with E-state index in [0.717, 1.165) is 34.6 Å². The van der Waals surface area contributed by atoms with Crippen molar-refractivity contribution in [1.29, 1.82) is 0 Å². The zero-order valence-electron chi connectivity index (χ0n) is 50.2. The number of carbonyl (C=O) groups excluding carboxylic acids is 4. The summed E-state index contributed by atoms with van der Waals surface area (Å²) in [4.78, 5) is 49.6. The van der Waals surface area contributed by atoms with Gasteiger partial charge in [-0.3, -0.25) is 19.2 Å². The average Bonchev–Trinajstić information content (AvgIpc) is 0.722. The van der Waals surface area contributed by atoms with Crippen LogP contribution in [0.2, 0.25) is 0 Å². The summed E-state index contributed by atoms with van der Waals surface area (Å²) in [5.41, 5.74) is -6.18. The largest absolute Gasteiger partial charge is 0.396 e. The van der Waals surface area contributed by atoms with E-state index in [0.29, 0.717) is 0 Å². The molecule has 6 rings (SSSR count). The minimum atomic E-state index is -3.35. The molecule has 0 aromatic carbocycles. The highest BCUT2D eigenvalue weighted by atomic mass is 16.8. The standard InChI is InChI=1S/C52H90N4O35/c1-15-27(53-16(2)63)37(74)40(25(12-61)82-15)87-46-30(56-19(5)66)38(75)41(26(13-62)86-46)89-50(79)52(80)20(14-81-49(78)51(6,43(77)21(67)7-8-57)91-47-29(55-18(4)65)36(73)33(70)23(10-59)84-47)31(68)44(52)90-48-42(39(76)34(71)24(11-60)85-48)88-45-28(54-17(3)64)35(72)32(69)22(9-58)83-45/h15,20-50,57-62,67-80H,7-14H2,1-6H3,(H,53,63)(H,54,64)(H,55,65)(H,56,66)/t15-,20?,21+,22?,23?,24?,25?,26?,27?,28?,29?,30?,31+,32+,33+,34+,35?,36?,37?,38?,39?,40+,41+,42?,43?,44?,45-,46-,47-,48+,49+,50-,51?,52?/m0/s1. The summed E-state index contributed by atoms with van der Waals surface area (Å²) in [5, 5.41) is 233. The van der Waals surface area contributed by atoms with Crippen LogP contribution in [0.25, 0.3) is 0 Å². The molecule has 5 heterocycles. The van der Waals surface area contributed by atoms with Crippen LogP contribution >= 0.6 is 0 Å². The molecule has 0 aromatic rings. The Hall–Kier alpha value is -3.36. The van der Waals surface area contributed by atoms with Crippen molar-refractivity contribution in [1.82, 2.24) is 21.3 Å². The van der Waals surface area contributed by atoms with E-state index in [2.05, 4.69) is 21.3 Å². The molecule has 6 fully saturated rings. The van der Waals surface area contributed by atoms with Crippen LogP contribution in [-0.4, -0.2) is 373 Å². The predicted molar refractivity (Wildman–Crippen MR) is 288 cm³/mol. The fourth-order valence-electron chi connectivity index (χ4n) is 12.0. The summed E-state index contributed by atoms with van der Waals surface area (Å²) >= 11 is 0. The van der Waals surface area contributed by atoms with Crippen molar-refractivity contribution in [2.45, 2.75) is 249 Å². The number of rotatable bonds is 28. The first kappa shape index (κ1) is 76.7. The van der Waals surface area contributed by atoms with Crippen LogP contribution in [-0.2, 0) is 71.3 Å². The Morgan fingerprint density at radius 1 is 0.495 bits per heavy atom. The number of ether oxygens (including phenoxy) is 11. The molecule has 24 N–H and O–H groups in total. The van der Waals surface area contributed by atoms with Gasteiger partial charge in [0.2, 0.25) is 23.6 Å². The highest BCUT2D eigenvalue weighted by Gasteiger charge is 2.70. The van der Waals surface area contributed by atoms with Crippen LogP contribution in [0.1, 0.15) is 48.0 Å². The van der Waals surface area contributed by atoms with Gasteiger partial charge in [-0.1, -0.05) is 0 Å². The Morgan fingerprint density at radius 3 is 1.38 bits per heavy atom. The molecule has 0 aromatic heterocycles.